The van der Waals surface area contributed by atoms with Gasteiger partial charge in [0, 0.05) is 23.7 Å². The van der Waals surface area contributed by atoms with E-state index in [9.17, 15) is 19.2 Å². The third-order valence-electron chi connectivity index (χ3n) is 5.24. The smallest absolute Gasteiger partial charge is 0.352 e. The van der Waals surface area contributed by atoms with Crippen LogP contribution >= 0.6 is 0 Å². The zero-order chi connectivity index (χ0) is 23.7. The van der Waals surface area contributed by atoms with E-state index in [-0.39, 0.29) is 58.7 Å². The second-order valence-electron chi connectivity index (χ2n) is 8.58. The number of nitrogens with zero attached hydrogens (tertiary/aromatic N) is 4. The minimum Gasteiger partial charge on any atom is -0.352 e. The van der Waals surface area contributed by atoms with Crippen LogP contribution in [0.25, 0.3) is 16.7 Å². The second-order valence-corrected chi connectivity index (χ2v) is 8.58. The van der Waals surface area contributed by atoms with Gasteiger partial charge in [-0.2, -0.15) is 0 Å². The molecular formula is C22H30N6O4. The van der Waals surface area contributed by atoms with Gasteiger partial charge in [-0.25, -0.2) is 13.9 Å². The van der Waals surface area contributed by atoms with Crippen LogP contribution in [0.3, 0.4) is 0 Å². The summed E-state index contributed by atoms with van der Waals surface area (Å²) in [4.78, 5) is 51.3. The zero-order valence-electron chi connectivity index (χ0n) is 19.3. The topological polar surface area (TPSA) is 120 Å². The Balaban J connectivity index is 2.25. The fourth-order valence-corrected chi connectivity index (χ4v) is 3.49. The van der Waals surface area contributed by atoms with Crippen molar-refractivity contribution in [3.8, 4) is 0 Å². The molecule has 10 nitrogen and oxygen atoms in total. The molecule has 2 aromatic heterocycles. The van der Waals surface area contributed by atoms with Crippen molar-refractivity contribution in [3.05, 3.63) is 44.6 Å². The van der Waals surface area contributed by atoms with E-state index in [1.807, 2.05) is 41.5 Å². The Labute approximate surface area is 185 Å². The molecule has 0 saturated carbocycles. The lowest BCUT2D eigenvalue weighted by Crippen LogP contribution is -2.37. The van der Waals surface area contributed by atoms with Gasteiger partial charge in [0.05, 0.1) is 10.9 Å². The van der Waals surface area contributed by atoms with Gasteiger partial charge in [-0.05, 0) is 59.2 Å². The Hall–Kier alpha value is -3.43. The molecule has 1 aromatic carbocycles. The number of carbonyl (C=O) groups excluding carboxylic acids is 2. The molecule has 0 aliphatic rings. The van der Waals surface area contributed by atoms with Crippen LogP contribution in [0.4, 0.5) is 0 Å². The van der Waals surface area contributed by atoms with E-state index in [0.717, 1.165) is 11.1 Å². The summed E-state index contributed by atoms with van der Waals surface area (Å²) in [6.45, 7) is 10.9. The Morgan fingerprint density at radius 3 is 2.34 bits per heavy atom. The third-order valence-corrected chi connectivity index (χ3v) is 5.24. The lowest BCUT2D eigenvalue weighted by molar-refractivity contribution is -0.122. The van der Waals surface area contributed by atoms with Crippen LogP contribution in [-0.4, -0.2) is 42.6 Å². The molecule has 3 aromatic rings. The molecule has 0 aliphatic carbocycles. The van der Waals surface area contributed by atoms with E-state index in [1.165, 1.54) is 15.0 Å². The van der Waals surface area contributed by atoms with E-state index < -0.39 is 5.69 Å². The summed E-state index contributed by atoms with van der Waals surface area (Å²) in [6.07, 6.45) is 0.755. The van der Waals surface area contributed by atoms with Crippen LogP contribution in [0.5, 0.6) is 0 Å². The van der Waals surface area contributed by atoms with Crippen molar-refractivity contribution >= 4 is 28.5 Å². The maximum Gasteiger partial charge on any atom is 0.352 e. The molecule has 0 spiro atoms. The number of fused-ring (bicyclic) bond motifs is 3. The van der Waals surface area contributed by atoms with Crippen LogP contribution in [0, 0.1) is 0 Å². The van der Waals surface area contributed by atoms with E-state index in [0.29, 0.717) is 5.56 Å². The third kappa shape index (κ3) is 4.30. The number of aromatic nitrogens is 4. The molecule has 3 rings (SSSR count). The first-order valence-electron chi connectivity index (χ1n) is 10.8. The normalized spacial score (nSPS) is 12.6. The average Bonchev–Trinajstić information content (AvgIpc) is 3.02. The highest BCUT2D eigenvalue weighted by atomic mass is 16.2. The molecule has 2 N–H and O–H groups in total. The first kappa shape index (κ1) is 23.2. The molecule has 1 atom stereocenters. The summed E-state index contributed by atoms with van der Waals surface area (Å²) in [5, 5.41) is 10.2. The zero-order valence-corrected chi connectivity index (χ0v) is 19.3. The highest BCUT2D eigenvalue weighted by molar-refractivity contribution is 5.98. The minimum absolute atomic E-state index is 0.0352. The monoisotopic (exact) mass is 442 g/mol. The summed E-state index contributed by atoms with van der Waals surface area (Å²) in [6, 6.07) is 4.24. The largest absolute Gasteiger partial charge is 0.352 e. The van der Waals surface area contributed by atoms with Crippen molar-refractivity contribution in [1.29, 1.82) is 0 Å². The van der Waals surface area contributed by atoms with Crippen LogP contribution in [-0.2, 0) is 11.3 Å². The van der Waals surface area contributed by atoms with Gasteiger partial charge in [0.2, 0.25) is 11.7 Å². The summed E-state index contributed by atoms with van der Waals surface area (Å²) in [5.41, 5.74) is -0.278. The van der Waals surface area contributed by atoms with Gasteiger partial charge in [-0.15, -0.1) is 5.10 Å². The molecule has 2 amide bonds. The van der Waals surface area contributed by atoms with Gasteiger partial charge in [0.15, 0.2) is 0 Å². The van der Waals surface area contributed by atoms with Crippen LogP contribution < -0.4 is 21.9 Å². The maximum absolute atomic E-state index is 13.2. The van der Waals surface area contributed by atoms with E-state index in [2.05, 4.69) is 15.7 Å². The number of carbonyl (C=O) groups is 2. The number of rotatable bonds is 7. The minimum atomic E-state index is -0.555. The van der Waals surface area contributed by atoms with Gasteiger partial charge >= 0.3 is 5.69 Å². The fraction of sp³-hybridized carbons (Fsp3) is 0.500. The summed E-state index contributed by atoms with van der Waals surface area (Å²) in [5.74, 6) is -0.527. The molecule has 32 heavy (non-hydrogen) atoms. The number of amides is 2. The average molecular weight is 443 g/mol. The highest BCUT2D eigenvalue weighted by Crippen LogP contribution is 2.16. The number of nitrogens with one attached hydrogen (secondary N) is 2. The second kappa shape index (κ2) is 8.97. The Morgan fingerprint density at radius 2 is 1.75 bits per heavy atom. The van der Waals surface area contributed by atoms with Crippen molar-refractivity contribution < 1.29 is 9.59 Å². The molecule has 1 unspecified atom stereocenters. The van der Waals surface area contributed by atoms with Crippen molar-refractivity contribution in [2.75, 3.05) is 0 Å². The molecule has 172 valence electrons. The molecule has 2 heterocycles. The fourth-order valence-electron chi connectivity index (χ4n) is 3.49. The number of benzene rings is 1. The molecule has 0 radical (unpaired) electrons. The first-order valence-corrected chi connectivity index (χ1v) is 10.8. The molecular weight excluding hydrogens is 412 g/mol. The number of hydrogen-bond acceptors (Lipinski definition) is 5. The quantitative estimate of drug-likeness (QED) is 0.574. The standard InChI is InChI=1S/C22H30N6O4/c1-7-14(6)24-18(29)11-26-22(32)28-17-10-15(19(30)23-12(2)3)8-9-16(17)20(31)27(13(4)5)21(28)25-26/h8-10,12-14H,7,11H2,1-6H3,(H,23,30)(H,24,29). The number of hydrogen-bond donors (Lipinski definition) is 2. The Morgan fingerprint density at radius 1 is 1.06 bits per heavy atom. The molecule has 0 saturated heterocycles. The lowest BCUT2D eigenvalue weighted by atomic mass is 10.1. The summed E-state index contributed by atoms with van der Waals surface area (Å²) >= 11 is 0. The van der Waals surface area contributed by atoms with Crippen LogP contribution in [0.1, 0.15) is 64.4 Å². The van der Waals surface area contributed by atoms with Crippen molar-refractivity contribution in [2.45, 2.75) is 72.6 Å². The Kier molecular flexibility index (Phi) is 6.52. The van der Waals surface area contributed by atoms with Gasteiger partial charge in [0.25, 0.3) is 11.5 Å². The van der Waals surface area contributed by atoms with Crippen molar-refractivity contribution in [3.63, 3.8) is 0 Å². The van der Waals surface area contributed by atoms with E-state index in [1.54, 1.807) is 12.1 Å². The molecule has 0 bridgehead atoms. The van der Waals surface area contributed by atoms with E-state index in [4.69, 9.17) is 0 Å². The predicted octanol–water partition coefficient (Wildman–Crippen LogP) is 1.44. The predicted molar refractivity (Wildman–Crippen MR) is 122 cm³/mol. The highest BCUT2D eigenvalue weighted by Gasteiger charge is 2.21. The van der Waals surface area contributed by atoms with Gasteiger partial charge in [-0.3, -0.25) is 19.0 Å². The van der Waals surface area contributed by atoms with Gasteiger partial charge in [-0.1, -0.05) is 6.92 Å². The van der Waals surface area contributed by atoms with Gasteiger partial charge in [0.1, 0.15) is 6.54 Å². The summed E-state index contributed by atoms with van der Waals surface area (Å²) in [7, 11) is 0. The van der Waals surface area contributed by atoms with Gasteiger partial charge < -0.3 is 10.6 Å². The van der Waals surface area contributed by atoms with Crippen molar-refractivity contribution in [2.24, 2.45) is 0 Å². The first-order chi connectivity index (χ1) is 15.0. The van der Waals surface area contributed by atoms with Crippen LogP contribution in [0.15, 0.2) is 27.8 Å². The Bertz CT molecular complexity index is 1300. The summed E-state index contributed by atoms with van der Waals surface area (Å²) < 4.78 is 3.76. The van der Waals surface area contributed by atoms with E-state index >= 15 is 0 Å². The molecule has 0 aliphatic heterocycles. The SMILES string of the molecule is CCC(C)NC(=O)Cn1nc2n(C(C)C)c(=O)c3ccc(C(=O)NC(C)C)cc3n2c1=O. The van der Waals surface area contributed by atoms with Crippen molar-refractivity contribution in [1.82, 2.24) is 29.4 Å². The van der Waals surface area contributed by atoms with Crippen LogP contribution in [0.2, 0.25) is 0 Å². The maximum atomic E-state index is 13.2. The lowest BCUT2D eigenvalue weighted by Gasteiger charge is -2.13. The molecule has 0 fully saturated rings. The molecule has 10 heteroatoms.